The predicted molar refractivity (Wildman–Crippen MR) is 79.0 cm³/mol. The van der Waals surface area contributed by atoms with Gasteiger partial charge >= 0.3 is 0 Å². The van der Waals surface area contributed by atoms with Gasteiger partial charge in [-0.15, -0.1) is 0 Å². The van der Waals surface area contributed by atoms with Crippen molar-refractivity contribution < 1.29 is 17.6 Å². The Balaban J connectivity index is 2.23. The van der Waals surface area contributed by atoms with Crippen molar-refractivity contribution in [1.82, 2.24) is 0 Å². The van der Waals surface area contributed by atoms with Gasteiger partial charge in [-0.2, -0.15) is 0 Å². The minimum atomic E-state index is -3.13. The van der Waals surface area contributed by atoms with Crippen molar-refractivity contribution in [2.75, 3.05) is 6.26 Å². The van der Waals surface area contributed by atoms with E-state index in [0.29, 0.717) is 31.2 Å². The second-order valence-corrected chi connectivity index (χ2v) is 8.40. The van der Waals surface area contributed by atoms with Gasteiger partial charge in [-0.3, -0.25) is 4.79 Å². The molecule has 1 fully saturated rings. The van der Waals surface area contributed by atoms with Gasteiger partial charge in [0.15, 0.2) is 5.78 Å². The Hall–Kier alpha value is -0.750. The van der Waals surface area contributed by atoms with Crippen molar-refractivity contribution in [2.24, 2.45) is 5.92 Å². The highest BCUT2D eigenvalue weighted by atomic mass is 79.9. The van der Waals surface area contributed by atoms with Crippen molar-refractivity contribution in [3.05, 3.63) is 34.1 Å². The molecule has 1 aliphatic rings. The van der Waals surface area contributed by atoms with Crippen LogP contribution in [0.3, 0.4) is 0 Å². The zero-order valence-electron chi connectivity index (χ0n) is 11.1. The van der Waals surface area contributed by atoms with Gasteiger partial charge in [0.05, 0.1) is 9.72 Å². The SMILES string of the molecule is CS(=O)(=O)C1CCCC(C(=O)c2cccc(F)c2Br)C1. The maximum atomic E-state index is 13.5. The van der Waals surface area contributed by atoms with Crippen LogP contribution in [0, 0.1) is 11.7 Å². The lowest BCUT2D eigenvalue weighted by Gasteiger charge is -2.27. The van der Waals surface area contributed by atoms with Crippen molar-refractivity contribution in [3.8, 4) is 0 Å². The first-order valence-electron chi connectivity index (χ1n) is 6.48. The number of sulfone groups is 1. The molecule has 0 saturated heterocycles. The quantitative estimate of drug-likeness (QED) is 0.774. The molecule has 6 heteroatoms. The minimum absolute atomic E-state index is 0.159. The Bertz CT molecular complexity index is 627. The number of ketones is 1. The van der Waals surface area contributed by atoms with E-state index in [1.165, 1.54) is 18.4 Å². The highest BCUT2D eigenvalue weighted by Crippen LogP contribution is 2.33. The van der Waals surface area contributed by atoms with Crippen LogP contribution < -0.4 is 0 Å². The van der Waals surface area contributed by atoms with E-state index in [-0.39, 0.29) is 16.2 Å². The molecule has 0 bridgehead atoms. The summed E-state index contributed by atoms with van der Waals surface area (Å²) in [4.78, 5) is 12.5. The summed E-state index contributed by atoms with van der Waals surface area (Å²) in [6.07, 6.45) is 3.52. The van der Waals surface area contributed by atoms with Gasteiger partial charge in [-0.25, -0.2) is 12.8 Å². The average molecular weight is 363 g/mol. The van der Waals surface area contributed by atoms with Crippen LogP contribution in [0.15, 0.2) is 22.7 Å². The average Bonchev–Trinajstić information content (AvgIpc) is 2.40. The first-order valence-corrected chi connectivity index (χ1v) is 9.22. The second kappa shape index (κ2) is 5.93. The summed E-state index contributed by atoms with van der Waals surface area (Å²) in [6.45, 7) is 0. The molecular weight excluding hydrogens is 347 g/mol. The predicted octanol–water partition coefficient (Wildman–Crippen LogP) is 3.37. The Kier molecular flexibility index (Phi) is 4.64. The highest BCUT2D eigenvalue weighted by Gasteiger charge is 2.33. The van der Waals surface area contributed by atoms with Crippen molar-refractivity contribution in [2.45, 2.75) is 30.9 Å². The van der Waals surface area contributed by atoms with Gasteiger partial charge < -0.3 is 0 Å². The molecule has 20 heavy (non-hydrogen) atoms. The third kappa shape index (κ3) is 3.28. The number of hydrogen-bond acceptors (Lipinski definition) is 3. The third-order valence-corrected chi connectivity index (χ3v) is 6.26. The number of benzene rings is 1. The molecular formula is C14H16BrFO3S. The molecule has 1 aliphatic carbocycles. The number of rotatable bonds is 3. The molecule has 1 saturated carbocycles. The van der Waals surface area contributed by atoms with Gasteiger partial charge in [-0.1, -0.05) is 18.6 Å². The second-order valence-electron chi connectivity index (χ2n) is 5.28. The highest BCUT2D eigenvalue weighted by molar-refractivity contribution is 9.10. The smallest absolute Gasteiger partial charge is 0.167 e. The molecule has 0 spiro atoms. The largest absolute Gasteiger partial charge is 0.294 e. The standard InChI is InChI=1S/C14H16BrFO3S/c1-20(18,19)10-5-2-4-9(8-10)14(17)11-6-3-7-12(16)13(11)15/h3,6-7,9-10H,2,4-5,8H2,1H3. The first kappa shape index (κ1) is 15.6. The summed E-state index contributed by atoms with van der Waals surface area (Å²) in [6, 6.07) is 4.34. The monoisotopic (exact) mass is 362 g/mol. The van der Waals surface area contributed by atoms with Crippen LogP contribution in [-0.4, -0.2) is 25.7 Å². The van der Waals surface area contributed by atoms with Crippen LogP contribution in [-0.2, 0) is 9.84 Å². The van der Waals surface area contributed by atoms with Crippen LogP contribution >= 0.6 is 15.9 Å². The van der Waals surface area contributed by atoms with Gasteiger partial charge in [0.1, 0.15) is 15.7 Å². The third-order valence-electron chi connectivity index (χ3n) is 3.82. The molecule has 2 rings (SSSR count). The molecule has 0 aliphatic heterocycles. The Morgan fingerprint density at radius 3 is 2.70 bits per heavy atom. The summed E-state index contributed by atoms with van der Waals surface area (Å²) in [5, 5.41) is -0.461. The van der Waals surface area contributed by atoms with Crippen LogP contribution in [0.1, 0.15) is 36.0 Å². The summed E-state index contributed by atoms with van der Waals surface area (Å²) in [7, 11) is -3.13. The molecule has 2 atom stereocenters. The van der Waals surface area contributed by atoms with Gasteiger partial charge in [0.25, 0.3) is 0 Å². The number of halogens is 2. The summed E-state index contributed by atoms with van der Waals surface area (Å²) >= 11 is 3.09. The van der Waals surface area contributed by atoms with E-state index in [4.69, 9.17) is 0 Å². The minimum Gasteiger partial charge on any atom is -0.294 e. The molecule has 0 heterocycles. The molecule has 1 aromatic carbocycles. The molecule has 2 unspecified atom stereocenters. The van der Waals surface area contributed by atoms with Crippen molar-refractivity contribution >= 4 is 31.6 Å². The number of Topliss-reactive ketones (excluding diaryl/α,β-unsaturated/α-hetero) is 1. The van der Waals surface area contributed by atoms with Crippen LogP contribution in [0.5, 0.6) is 0 Å². The molecule has 0 radical (unpaired) electrons. The lowest BCUT2D eigenvalue weighted by Crippen LogP contribution is -2.31. The summed E-state index contributed by atoms with van der Waals surface area (Å²) < 4.78 is 36.9. The van der Waals surface area contributed by atoms with Crippen molar-refractivity contribution in [3.63, 3.8) is 0 Å². The Morgan fingerprint density at radius 1 is 1.35 bits per heavy atom. The van der Waals surface area contributed by atoms with E-state index >= 15 is 0 Å². The number of carbonyl (C=O) groups excluding carboxylic acids is 1. The number of carbonyl (C=O) groups is 1. The van der Waals surface area contributed by atoms with E-state index < -0.39 is 20.9 Å². The fraction of sp³-hybridized carbons (Fsp3) is 0.500. The van der Waals surface area contributed by atoms with E-state index in [0.717, 1.165) is 0 Å². The normalized spacial score (nSPS) is 23.6. The fourth-order valence-electron chi connectivity index (χ4n) is 2.69. The lowest BCUT2D eigenvalue weighted by molar-refractivity contribution is 0.0889. The van der Waals surface area contributed by atoms with E-state index in [1.807, 2.05) is 0 Å². The first-order chi connectivity index (χ1) is 9.30. The molecule has 3 nitrogen and oxygen atoms in total. The zero-order chi connectivity index (χ0) is 14.9. The molecule has 0 N–H and O–H groups in total. The Labute approximate surface area is 126 Å². The topological polar surface area (TPSA) is 51.2 Å². The summed E-state index contributed by atoms with van der Waals surface area (Å²) in [5.74, 6) is -1.00. The zero-order valence-corrected chi connectivity index (χ0v) is 13.5. The lowest BCUT2D eigenvalue weighted by atomic mass is 9.83. The van der Waals surface area contributed by atoms with Gasteiger partial charge in [-0.05, 0) is 41.3 Å². The van der Waals surface area contributed by atoms with Gasteiger partial charge in [0, 0.05) is 17.7 Å². The van der Waals surface area contributed by atoms with E-state index in [2.05, 4.69) is 15.9 Å². The molecule has 1 aromatic rings. The molecule has 0 amide bonds. The maximum Gasteiger partial charge on any atom is 0.167 e. The fourth-order valence-corrected chi connectivity index (χ4v) is 4.32. The van der Waals surface area contributed by atoms with Crippen LogP contribution in [0.25, 0.3) is 0 Å². The summed E-state index contributed by atoms with van der Waals surface area (Å²) in [5.41, 5.74) is 0.296. The van der Waals surface area contributed by atoms with Crippen LogP contribution in [0.2, 0.25) is 0 Å². The van der Waals surface area contributed by atoms with Crippen LogP contribution in [0.4, 0.5) is 4.39 Å². The van der Waals surface area contributed by atoms with E-state index in [9.17, 15) is 17.6 Å². The molecule has 110 valence electrons. The maximum absolute atomic E-state index is 13.5. The van der Waals surface area contributed by atoms with Gasteiger partial charge in [0.2, 0.25) is 0 Å². The number of hydrogen-bond donors (Lipinski definition) is 0. The Morgan fingerprint density at radius 2 is 2.05 bits per heavy atom. The van der Waals surface area contributed by atoms with Crippen molar-refractivity contribution in [1.29, 1.82) is 0 Å². The van der Waals surface area contributed by atoms with E-state index in [1.54, 1.807) is 6.07 Å². The molecule has 0 aromatic heterocycles.